The van der Waals surface area contributed by atoms with Gasteiger partial charge in [0.1, 0.15) is 12.2 Å². The highest BCUT2D eigenvalue weighted by molar-refractivity contribution is 5.91. The zero-order valence-electron chi connectivity index (χ0n) is 18.5. The molecule has 172 valence electrons. The van der Waals surface area contributed by atoms with Crippen molar-refractivity contribution in [2.75, 3.05) is 12.1 Å². The van der Waals surface area contributed by atoms with Gasteiger partial charge in [-0.3, -0.25) is 19.1 Å². The van der Waals surface area contributed by atoms with Crippen molar-refractivity contribution in [3.05, 3.63) is 87.1 Å². The van der Waals surface area contributed by atoms with E-state index in [0.717, 1.165) is 4.68 Å². The summed E-state index contributed by atoms with van der Waals surface area (Å²) in [7, 11) is 1.74. The number of rotatable bonds is 5. The van der Waals surface area contributed by atoms with E-state index in [2.05, 4.69) is 10.4 Å². The van der Waals surface area contributed by atoms with Crippen LogP contribution in [-0.2, 0) is 18.4 Å². The number of nitrogens with one attached hydrogen (secondary N) is 1. The van der Waals surface area contributed by atoms with Crippen LogP contribution in [0.2, 0.25) is 0 Å². The van der Waals surface area contributed by atoms with Gasteiger partial charge in [-0.05, 0) is 43.3 Å². The van der Waals surface area contributed by atoms with Gasteiger partial charge in [-0.15, -0.1) is 0 Å². The molecule has 0 radical (unpaired) electrons. The zero-order chi connectivity index (χ0) is 23.8. The minimum Gasteiger partial charge on any atom is -0.454 e. The van der Waals surface area contributed by atoms with E-state index < -0.39 is 11.5 Å². The van der Waals surface area contributed by atoms with Crippen LogP contribution in [0.1, 0.15) is 5.69 Å². The molecule has 34 heavy (non-hydrogen) atoms. The third kappa shape index (κ3) is 3.75. The quantitative estimate of drug-likeness (QED) is 0.489. The molecule has 0 spiro atoms. The molecule has 0 bridgehead atoms. The number of carbonyl (C=O) groups excluding carboxylic acids is 1. The molecule has 1 aliphatic heterocycles. The molecule has 10 heteroatoms. The molecule has 4 aromatic rings. The van der Waals surface area contributed by atoms with E-state index in [1.807, 2.05) is 18.2 Å². The summed E-state index contributed by atoms with van der Waals surface area (Å²) in [4.78, 5) is 38.2. The third-order valence-electron chi connectivity index (χ3n) is 5.65. The van der Waals surface area contributed by atoms with Crippen LogP contribution in [0.25, 0.3) is 16.9 Å². The van der Waals surface area contributed by atoms with E-state index in [0.29, 0.717) is 34.1 Å². The molecule has 0 fully saturated rings. The van der Waals surface area contributed by atoms with Crippen LogP contribution in [0.3, 0.4) is 0 Å². The van der Waals surface area contributed by atoms with Gasteiger partial charge in [0, 0.05) is 18.7 Å². The Labute approximate surface area is 193 Å². The van der Waals surface area contributed by atoms with Gasteiger partial charge in [0.05, 0.1) is 17.1 Å². The molecule has 0 saturated carbocycles. The van der Waals surface area contributed by atoms with E-state index in [-0.39, 0.29) is 24.6 Å². The van der Waals surface area contributed by atoms with Crippen LogP contribution in [0.4, 0.5) is 5.69 Å². The van der Waals surface area contributed by atoms with Gasteiger partial charge in [0.2, 0.25) is 12.7 Å². The Morgan fingerprint density at radius 1 is 1.03 bits per heavy atom. The first-order valence-corrected chi connectivity index (χ1v) is 10.5. The number of nitrogens with zero attached hydrogens (tertiary/aromatic N) is 4. The molecular formula is C24H21N5O5. The van der Waals surface area contributed by atoms with Crippen molar-refractivity contribution in [2.24, 2.45) is 7.05 Å². The summed E-state index contributed by atoms with van der Waals surface area (Å²) in [5.41, 5.74) is 1.80. The molecule has 1 amide bonds. The summed E-state index contributed by atoms with van der Waals surface area (Å²) in [6.07, 6.45) is 0. The van der Waals surface area contributed by atoms with E-state index in [1.165, 1.54) is 10.7 Å². The van der Waals surface area contributed by atoms with Gasteiger partial charge >= 0.3 is 0 Å². The number of hydrogen-bond donors (Lipinski definition) is 1. The van der Waals surface area contributed by atoms with Gasteiger partial charge in [0.25, 0.3) is 11.1 Å². The molecule has 5 rings (SSSR count). The van der Waals surface area contributed by atoms with Gasteiger partial charge in [0.15, 0.2) is 11.5 Å². The lowest BCUT2D eigenvalue weighted by Crippen LogP contribution is -2.30. The van der Waals surface area contributed by atoms with Crippen molar-refractivity contribution in [1.82, 2.24) is 19.1 Å². The average Bonchev–Trinajstić information content (AvgIpc) is 3.39. The number of hydrogen-bond acceptors (Lipinski definition) is 6. The minimum atomic E-state index is -0.538. The fourth-order valence-electron chi connectivity index (χ4n) is 3.80. The van der Waals surface area contributed by atoms with E-state index in [4.69, 9.17) is 9.47 Å². The second-order valence-electron chi connectivity index (χ2n) is 7.77. The largest absolute Gasteiger partial charge is 0.454 e. The van der Waals surface area contributed by atoms with Crippen molar-refractivity contribution in [1.29, 1.82) is 0 Å². The van der Waals surface area contributed by atoms with E-state index in [9.17, 15) is 14.4 Å². The summed E-state index contributed by atoms with van der Waals surface area (Å²) in [5, 5.41) is 6.97. The highest BCUT2D eigenvalue weighted by Crippen LogP contribution is 2.35. The first kappa shape index (κ1) is 21.3. The maximum Gasteiger partial charge on any atom is 0.295 e. The van der Waals surface area contributed by atoms with Crippen LogP contribution >= 0.6 is 0 Å². The van der Waals surface area contributed by atoms with Crippen LogP contribution in [-0.4, -0.2) is 31.8 Å². The SMILES string of the molecule is Cc1c(NC(=O)Cn2nc(-c3ccc4c(c3)OCO4)ccc2=O)c(=O)n(-c2ccccc2)n1C. The standard InChI is InChI=1S/C24H21N5O5/c1-15-23(24(32)29(27(15)2)17-6-4-3-5-7-17)25-21(30)13-28-22(31)11-9-18(26-28)16-8-10-19-20(12-16)34-14-33-19/h3-12H,13-14H2,1-2H3,(H,25,30). The zero-order valence-corrected chi connectivity index (χ0v) is 18.5. The van der Waals surface area contributed by atoms with Crippen molar-refractivity contribution in [2.45, 2.75) is 13.5 Å². The number of aromatic nitrogens is 4. The van der Waals surface area contributed by atoms with Crippen molar-refractivity contribution in [3.63, 3.8) is 0 Å². The number of carbonyl (C=O) groups is 1. The molecule has 0 unspecified atom stereocenters. The van der Waals surface area contributed by atoms with Crippen LogP contribution in [0.15, 0.2) is 70.3 Å². The molecule has 1 aliphatic rings. The van der Waals surface area contributed by atoms with Crippen molar-refractivity contribution < 1.29 is 14.3 Å². The van der Waals surface area contributed by atoms with E-state index in [1.54, 1.807) is 55.1 Å². The first-order chi connectivity index (χ1) is 16.4. The van der Waals surface area contributed by atoms with E-state index >= 15 is 0 Å². The summed E-state index contributed by atoms with van der Waals surface area (Å²) in [5.74, 6) is 0.684. The molecule has 3 heterocycles. The van der Waals surface area contributed by atoms with Crippen molar-refractivity contribution in [3.8, 4) is 28.4 Å². The second kappa shape index (κ2) is 8.39. The Hall–Kier alpha value is -4.60. The summed E-state index contributed by atoms with van der Waals surface area (Å²) < 4.78 is 14.9. The molecule has 10 nitrogen and oxygen atoms in total. The minimum absolute atomic E-state index is 0.149. The number of fused-ring (bicyclic) bond motifs is 1. The lowest BCUT2D eigenvalue weighted by molar-refractivity contribution is -0.117. The number of benzene rings is 2. The normalized spacial score (nSPS) is 12.1. The van der Waals surface area contributed by atoms with Crippen LogP contribution in [0.5, 0.6) is 11.5 Å². The Morgan fingerprint density at radius 3 is 2.59 bits per heavy atom. The maximum absolute atomic E-state index is 13.0. The molecule has 0 atom stereocenters. The molecule has 0 saturated heterocycles. The average molecular weight is 459 g/mol. The third-order valence-corrected chi connectivity index (χ3v) is 5.65. The number of amides is 1. The smallest absolute Gasteiger partial charge is 0.295 e. The van der Waals surface area contributed by atoms with Gasteiger partial charge in [-0.25, -0.2) is 9.36 Å². The topological polar surface area (TPSA) is 109 Å². The molecule has 0 aliphatic carbocycles. The summed E-state index contributed by atoms with van der Waals surface area (Å²) in [6, 6.07) is 17.4. The molecule has 2 aromatic heterocycles. The van der Waals surface area contributed by atoms with Crippen molar-refractivity contribution >= 4 is 11.6 Å². The highest BCUT2D eigenvalue weighted by Gasteiger charge is 2.19. The molecular weight excluding hydrogens is 438 g/mol. The first-order valence-electron chi connectivity index (χ1n) is 10.5. The highest BCUT2D eigenvalue weighted by atomic mass is 16.7. The van der Waals surface area contributed by atoms with Crippen LogP contribution in [0, 0.1) is 6.92 Å². The monoisotopic (exact) mass is 459 g/mol. The lowest BCUT2D eigenvalue weighted by Gasteiger charge is -2.08. The van der Waals surface area contributed by atoms with Gasteiger partial charge in [-0.2, -0.15) is 5.10 Å². The van der Waals surface area contributed by atoms with Gasteiger partial charge < -0.3 is 14.8 Å². The molecule has 1 N–H and O–H groups in total. The summed E-state index contributed by atoms with van der Waals surface area (Å²) >= 11 is 0. The summed E-state index contributed by atoms with van der Waals surface area (Å²) in [6.45, 7) is 1.54. The number of ether oxygens (including phenoxy) is 2. The number of para-hydroxylation sites is 1. The Bertz CT molecular complexity index is 1520. The Kier molecular flexibility index (Phi) is 5.25. The second-order valence-corrected chi connectivity index (χ2v) is 7.77. The van der Waals surface area contributed by atoms with Gasteiger partial charge in [-0.1, -0.05) is 18.2 Å². The fraction of sp³-hybridized carbons (Fsp3) is 0.167. The maximum atomic E-state index is 13.0. The number of anilines is 1. The Balaban J connectivity index is 1.40. The fourth-order valence-corrected chi connectivity index (χ4v) is 3.80. The lowest BCUT2D eigenvalue weighted by atomic mass is 10.1. The van der Waals surface area contributed by atoms with Crippen LogP contribution < -0.4 is 25.9 Å². The Morgan fingerprint density at radius 2 is 1.79 bits per heavy atom. The predicted octanol–water partition coefficient (Wildman–Crippen LogP) is 2.08. The molecule has 2 aromatic carbocycles. The predicted molar refractivity (Wildman–Crippen MR) is 124 cm³/mol.